The Morgan fingerprint density at radius 3 is 2.35 bits per heavy atom. The van der Waals surface area contributed by atoms with E-state index < -0.39 is 5.97 Å². The smallest absolute Gasteiger partial charge is 0.325 e. The van der Waals surface area contributed by atoms with Gasteiger partial charge in [-0.05, 0) is 6.92 Å². The normalized spacial score (nSPS) is 9.90. The highest BCUT2D eigenvalue weighted by atomic mass is 16.5. The first-order valence-corrected chi connectivity index (χ1v) is 6.52. The molecule has 1 aromatic carbocycles. The number of amides is 1. The molecule has 5 nitrogen and oxygen atoms in total. The van der Waals surface area contributed by atoms with Gasteiger partial charge in [-0.15, -0.1) is 0 Å². The molecule has 0 aliphatic rings. The highest BCUT2D eigenvalue weighted by Crippen LogP contribution is 2.06. The Balaban J connectivity index is 2.39. The molecule has 0 N–H and O–H groups in total. The number of nitrogens with zero attached hydrogens (tertiary/aromatic N) is 1. The number of ether oxygens (including phenoxy) is 1. The molecule has 0 heterocycles. The van der Waals surface area contributed by atoms with E-state index in [9.17, 15) is 14.4 Å². The third kappa shape index (κ3) is 5.22. The molecule has 1 amide bonds. The minimum atomic E-state index is -0.447. The molecule has 0 fully saturated rings. The van der Waals surface area contributed by atoms with E-state index in [4.69, 9.17) is 4.74 Å². The number of likely N-dealkylation sites (N-methyl/N-ethyl adjacent to an activating group) is 1. The summed E-state index contributed by atoms with van der Waals surface area (Å²) in [6.45, 7) is 1.90. The number of carbonyl (C=O) groups is 3. The highest BCUT2D eigenvalue weighted by molar-refractivity contribution is 5.98. The van der Waals surface area contributed by atoms with E-state index in [2.05, 4.69) is 0 Å². The van der Waals surface area contributed by atoms with Gasteiger partial charge in [-0.2, -0.15) is 0 Å². The molecule has 20 heavy (non-hydrogen) atoms. The number of benzene rings is 1. The van der Waals surface area contributed by atoms with Gasteiger partial charge in [0, 0.05) is 25.5 Å². The maximum atomic E-state index is 11.8. The van der Waals surface area contributed by atoms with Gasteiger partial charge in [0.15, 0.2) is 5.78 Å². The largest absolute Gasteiger partial charge is 0.465 e. The molecule has 108 valence electrons. The van der Waals surface area contributed by atoms with E-state index in [0.717, 1.165) is 0 Å². The number of hydrogen-bond acceptors (Lipinski definition) is 4. The maximum absolute atomic E-state index is 11.8. The molecule has 0 bridgehead atoms. The van der Waals surface area contributed by atoms with Crippen molar-refractivity contribution in [3.63, 3.8) is 0 Å². The zero-order valence-electron chi connectivity index (χ0n) is 11.8. The van der Waals surface area contributed by atoms with Crippen molar-refractivity contribution in [2.24, 2.45) is 0 Å². The summed E-state index contributed by atoms with van der Waals surface area (Å²) in [6, 6.07) is 8.82. The maximum Gasteiger partial charge on any atom is 0.325 e. The highest BCUT2D eigenvalue weighted by Gasteiger charge is 2.15. The van der Waals surface area contributed by atoms with Crippen molar-refractivity contribution in [3.8, 4) is 0 Å². The molecule has 0 saturated heterocycles. The zero-order valence-corrected chi connectivity index (χ0v) is 11.8. The molecule has 0 atom stereocenters. The van der Waals surface area contributed by atoms with Crippen molar-refractivity contribution < 1.29 is 19.1 Å². The summed E-state index contributed by atoms with van der Waals surface area (Å²) >= 11 is 0. The lowest BCUT2D eigenvalue weighted by molar-refractivity contribution is -0.148. The van der Waals surface area contributed by atoms with Gasteiger partial charge in [0.25, 0.3) is 0 Å². The van der Waals surface area contributed by atoms with Crippen LogP contribution in [0.15, 0.2) is 30.3 Å². The van der Waals surface area contributed by atoms with Crippen LogP contribution in [0.4, 0.5) is 0 Å². The average Bonchev–Trinajstić information content (AvgIpc) is 2.45. The molecule has 0 aliphatic carbocycles. The van der Waals surface area contributed by atoms with Gasteiger partial charge in [-0.25, -0.2) is 0 Å². The van der Waals surface area contributed by atoms with Gasteiger partial charge in [0.2, 0.25) is 5.91 Å². The quantitative estimate of drug-likeness (QED) is 0.562. The van der Waals surface area contributed by atoms with Crippen LogP contribution in [0, 0.1) is 0 Å². The number of esters is 1. The fourth-order valence-electron chi connectivity index (χ4n) is 1.67. The van der Waals surface area contributed by atoms with Crippen LogP contribution in [0.3, 0.4) is 0 Å². The predicted octanol–water partition coefficient (Wildman–Crippen LogP) is 1.67. The number of ketones is 1. The number of Topliss-reactive ketones (excluding diaryl/α,β-unsaturated/α-hetero) is 1. The van der Waals surface area contributed by atoms with Gasteiger partial charge in [-0.1, -0.05) is 30.3 Å². The zero-order chi connectivity index (χ0) is 15.0. The van der Waals surface area contributed by atoms with E-state index >= 15 is 0 Å². The summed E-state index contributed by atoms with van der Waals surface area (Å²) in [5.41, 5.74) is 0.591. The first kappa shape index (κ1) is 15.9. The molecule has 0 spiro atoms. The minimum Gasteiger partial charge on any atom is -0.465 e. The van der Waals surface area contributed by atoms with Gasteiger partial charge in [0.05, 0.1) is 6.61 Å². The molecule has 0 aromatic heterocycles. The minimum absolute atomic E-state index is 0.0801. The molecular formula is C15H19NO4. The summed E-state index contributed by atoms with van der Waals surface area (Å²) < 4.78 is 4.76. The van der Waals surface area contributed by atoms with Crippen molar-refractivity contribution in [2.75, 3.05) is 20.2 Å². The lowest BCUT2D eigenvalue weighted by atomic mass is 10.1. The second kappa shape index (κ2) is 8.09. The van der Waals surface area contributed by atoms with Gasteiger partial charge in [-0.3, -0.25) is 14.4 Å². The molecule has 1 rings (SSSR count). The van der Waals surface area contributed by atoms with Gasteiger partial charge < -0.3 is 9.64 Å². The van der Waals surface area contributed by atoms with E-state index in [-0.39, 0.29) is 37.7 Å². The Kier molecular flexibility index (Phi) is 6.43. The van der Waals surface area contributed by atoms with Crippen molar-refractivity contribution in [1.82, 2.24) is 4.90 Å². The SMILES string of the molecule is CCOC(=O)CN(C)C(=O)CCC(=O)c1ccccc1. The summed E-state index contributed by atoms with van der Waals surface area (Å²) in [5.74, 6) is -0.774. The Bertz CT molecular complexity index is 470. The Morgan fingerprint density at radius 2 is 1.75 bits per heavy atom. The van der Waals surface area contributed by atoms with Crippen molar-refractivity contribution >= 4 is 17.7 Å². The second-order valence-electron chi connectivity index (χ2n) is 4.34. The standard InChI is InChI=1S/C15H19NO4/c1-3-20-15(19)11-16(2)14(18)10-9-13(17)12-7-5-4-6-8-12/h4-8H,3,9-11H2,1-2H3. The second-order valence-corrected chi connectivity index (χ2v) is 4.34. The molecular weight excluding hydrogens is 258 g/mol. The fraction of sp³-hybridized carbons (Fsp3) is 0.400. The Labute approximate surface area is 118 Å². The van der Waals surface area contributed by atoms with Crippen LogP contribution in [-0.2, 0) is 14.3 Å². The number of hydrogen-bond donors (Lipinski definition) is 0. The Hall–Kier alpha value is -2.17. The van der Waals surface area contributed by atoms with Crippen molar-refractivity contribution in [2.45, 2.75) is 19.8 Å². The van der Waals surface area contributed by atoms with Crippen LogP contribution < -0.4 is 0 Å². The lowest BCUT2D eigenvalue weighted by Crippen LogP contribution is -2.33. The fourth-order valence-corrected chi connectivity index (χ4v) is 1.67. The van der Waals surface area contributed by atoms with Gasteiger partial charge in [0.1, 0.15) is 6.54 Å². The van der Waals surface area contributed by atoms with E-state index in [1.807, 2.05) is 6.07 Å². The molecule has 1 aromatic rings. The lowest BCUT2D eigenvalue weighted by Gasteiger charge is -2.15. The molecule has 0 unspecified atom stereocenters. The van der Waals surface area contributed by atoms with E-state index in [0.29, 0.717) is 5.56 Å². The Morgan fingerprint density at radius 1 is 1.10 bits per heavy atom. The third-order valence-electron chi connectivity index (χ3n) is 2.76. The topological polar surface area (TPSA) is 63.7 Å². The molecule has 0 radical (unpaired) electrons. The van der Waals surface area contributed by atoms with Crippen LogP contribution in [0.5, 0.6) is 0 Å². The van der Waals surface area contributed by atoms with Crippen LogP contribution in [-0.4, -0.2) is 42.8 Å². The third-order valence-corrected chi connectivity index (χ3v) is 2.76. The van der Waals surface area contributed by atoms with Gasteiger partial charge >= 0.3 is 5.97 Å². The summed E-state index contributed by atoms with van der Waals surface area (Å²) in [5, 5.41) is 0. The molecule has 0 aliphatic heterocycles. The van der Waals surface area contributed by atoms with Crippen molar-refractivity contribution in [3.05, 3.63) is 35.9 Å². The summed E-state index contributed by atoms with van der Waals surface area (Å²) in [6.07, 6.45) is 0.222. The average molecular weight is 277 g/mol. The summed E-state index contributed by atoms with van der Waals surface area (Å²) in [7, 11) is 1.52. The van der Waals surface area contributed by atoms with Crippen LogP contribution in [0.1, 0.15) is 30.1 Å². The van der Waals surface area contributed by atoms with E-state index in [1.54, 1.807) is 31.2 Å². The first-order chi connectivity index (χ1) is 9.54. The van der Waals surface area contributed by atoms with E-state index in [1.165, 1.54) is 11.9 Å². The van der Waals surface area contributed by atoms with Crippen molar-refractivity contribution in [1.29, 1.82) is 0 Å². The van der Waals surface area contributed by atoms with Crippen LogP contribution >= 0.6 is 0 Å². The van der Waals surface area contributed by atoms with Crippen LogP contribution in [0.2, 0.25) is 0 Å². The predicted molar refractivity (Wildman–Crippen MR) is 74.3 cm³/mol. The van der Waals surface area contributed by atoms with Crippen LogP contribution in [0.25, 0.3) is 0 Å². The molecule has 0 saturated carbocycles. The number of carbonyl (C=O) groups excluding carboxylic acids is 3. The monoisotopic (exact) mass is 277 g/mol. The number of rotatable bonds is 7. The first-order valence-electron chi connectivity index (χ1n) is 6.52. The summed E-state index contributed by atoms with van der Waals surface area (Å²) in [4.78, 5) is 36.1. The molecule has 5 heteroatoms.